The Morgan fingerprint density at radius 1 is 1.08 bits per heavy atom. The molecule has 4 heteroatoms. The number of aromatic amines is 1. The van der Waals surface area contributed by atoms with E-state index in [1.54, 1.807) is 7.11 Å². The van der Waals surface area contributed by atoms with Crippen LogP contribution >= 0.6 is 0 Å². The zero-order valence-electron chi connectivity index (χ0n) is 14.2. The smallest absolute Gasteiger partial charge is 0.0927 e. The molecule has 0 aliphatic carbocycles. The molecule has 1 aromatic heterocycles. The van der Waals surface area contributed by atoms with Crippen molar-refractivity contribution in [2.45, 2.75) is 6.54 Å². The molecule has 0 saturated heterocycles. The van der Waals surface area contributed by atoms with Crippen molar-refractivity contribution in [3.63, 3.8) is 0 Å². The Hall–Kier alpha value is -2.43. The van der Waals surface area contributed by atoms with Gasteiger partial charge in [-0.2, -0.15) is 5.10 Å². The van der Waals surface area contributed by atoms with Gasteiger partial charge < -0.3 is 4.74 Å². The Labute approximate surface area is 142 Å². The van der Waals surface area contributed by atoms with Crippen LogP contribution in [-0.4, -0.2) is 42.4 Å². The summed E-state index contributed by atoms with van der Waals surface area (Å²) in [5.41, 5.74) is 4.50. The van der Waals surface area contributed by atoms with E-state index in [9.17, 15) is 0 Å². The molecule has 2 aromatic carbocycles. The standard InChI is InChI=1S/C20H23N3O/c1-23(13-14-24-2)15-17-9-7-16(8-10-17)11-12-20-18-5-3-4-6-19(18)21-22-20/h3-12H,13-15H2,1-2H3,(H,21,22)/b12-11+. The maximum Gasteiger partial charge on any atom is 0.0927 e. The molecule has 4 nitrogen and oxygen atoms in total. The fourth-order valence-corrected chi connectivity index (χ4v) is 2.66. The first-order valence-electron chi connectivity index (χ1n) is 8.14. The molecule has 0 bridgehead atoms. The molecule has 24 heavy (non-hydrogen) atoms. The minimum atomic E-state index is 0.759. The molecule has 1 N–H and O–H groups in total. The third-order valence-corrected chi connectivity index (χ3v) is 4.04. The second kappa shape index (κ2) is 7.90. The van der Waals surface area contributed by atoms with Crippen molar-refractivity contribution >= 4 is 23.1 Å². The van der Waals surface area contributed by atoms with Gasteiger partial charge in [0.25, 0.3) is 0 Å². The maximum absolute atomic E-state index is 5.11. The van der Waals surface area contributed by atoms with E-state index in [2.05, 4.69) is 64.6 Å². The second-order valence-corrected chi connectivity index (χ2v) is 5.96. The Bertz CT molecular complexity index is 805. The number of likely N-dealkylation sites (N-methyl/N-ethyl adjacent to an activating group) is 1. The van der Waals surface area contributed by atoms with Crippen molar-refractivity contribution in [2.24, 2.45) is 0 Å². The van der Waals surface area contributed by atoms with Crippen LogP contribution < -0.4 is 0 Å². The largest absolute Gasteiger partial charge is 0.383 e. The quantitative estimate of drug-likeness (QED) is 0.719. The number of benzene rings is 2. The van der Waals surface area contributed by atoms with Crippen molar-refractivity contribution in [2.75, 3.05) is 27.3 Å². The molecular weight excluding hydrogens is 298 g/mol. The highest BCUT2D eigenvalue weighted by atomic mass is 16.5. The summed E-state index contributed by atoms with van der Waals surface area (Å²) in [6, 6.07) is 16.8. The van der Waals surface area contributed by atoms with E-state index in [0.717, 1.165) is 36.3 Å². The molecule has 0 amide bonds. The van der Waals surface area contributed by atoms with E-state index >= 15 is 0 Å². The van der Waals surface area contributed by atoms with Crippen LogP contribution in [0.25, 0.3) is 23.1 Å². The first-order valence-corrected chi connectivity index (χ1v) is 8.14. The van der Waals surface area contributed by atoms with E-state index in [1.165, 1.54) is 11.1 Å². The molecule has 3 aromatic rings. The highest BCUT2D eigenvalue weighted by Gasteiger charge is 2.02. The zero-order chi connectivity index (χ0) is 16.8. The van der Waals surface area contributed by atoms with Gasteiger partial charge >= 0.3 is 0 Å². The van der Waals surface area contributed by atoms with Crippen LogP contribution in [0.1, 0.15) is 16.8 Å². The summed E-state index contributed by atoms with van der Waals surface area (Å²) < 4.78 is 5.11. The lowest BCUT2D eigenvalue weighted by molar-refractivity contribution is 0.158. The van der Waals surface area contributed by atoms with E-state index in [-0.39, 0.29) is 0 Å². The Kier molecular flexibility index (Phi) is 5.41. The molecule has 0 radical (unpaired) electrons. The third kappa shape index (κ3) is 4.10. The predicted molar refractivity (Wildman–Crippen MR) is 99.7 cm³/mol. The second-order valence-electron chi connectivity index (χ2n) is 5.96. The predicted octanol–water partition coefficient (Wildman–Crippen LogP) is 3.81. The topological polar surface area (TPSA) is 41.1 Å². The molecule has 0 spiro atoms. The fraction of sp³-hybridized carbons (Fsp3) is 0.250. The normalized spacial score (nSPS) is 11.8. The van der Waals surface area contributed by atoms with Crippen molar-refractivity contribution in [3.05, 3.63) is 65.4 Å². The van der Waals surface area contributed by atoms with E-state index in [1.807, 2.05) is 18.2 Å². The highest BCUT2D eigenvalue weighted by Crippen LogP contribution is 2.17. The van der Waals surface area contributed by atoms with Gasteiger partial charge in [0.1, 0.15) is 0 Å². The zero-order valence-corrected chi connectivity index (χ0v) is 14.2. The number of para-hydroxylation sites is 1. The number of aromatic nitrogens is 2. The van der Waals surface area contributed by atoms with Crippen molar-refractivity contribution in [1.82, 2.24) is 15.1 Å². The van der Waals surface area contributed by atoms with E-state index < -0.39 is 0 Å². The van der Waals surface area contributed by atoms with Gasteiger partial charge in [0.15, 0.2) is 0 Å². The molecule has 0 aliphatic rings. The SMILES string of the molecule is COCCN(C)Cc1ccc(/C=C/c2n[nH]c3ccccc23)cc1. The summed E-state index contributed by atoms with van der Waals surface area (Å²) in [6.07, 6.45) is 4.15. The average Bonchev–Trinajstić information content (AvgIpc) is 3.03. The van der Waals surface area contributed by atoms with Gasteiger partial charge in [-0.15, -0.1) is 0 Å². The number of fused-ring (bicyclic) bond motifs is 1. The number of ether oxygens (including phenoxy) is 1. The van der Waals surface area contributed by atoms with Gasteiger partial charge in [-0.25, -0.2) is 0 Å². The van der Waals surface area contributed by atoms with Crippen LogP contribution in [-0.2, 0) is 11.3 Å². The van der Waals surface area contributed by atoms with Gasteiger partial charge in [-0.1, -0.05) is 48.5 Å². The summed E-state index contributed by atoms with van der Waals surface area (Å²) in [6.45, 7) is 2.62. The molecule has 124 valence electrons. The molecule has 0 aliphatic heterocycles. The number of methoxy groups -OCH3 is 1. The molecule has 0 fully saturated rings. The molecule has 0 atom stereocenters. The first-order chi connectivity index (χ1) is 11.8. The molecular formula is C20H23N3O. The van der Waals surface area contributed by atoms with Gasteiger partial charge in [-0.3, -0.25) is 10.00 Å². The maximum atomic E-state index is 5.11. The lowest BCUT2D eigenvalue weighted by atomic mass is 10.1. The van der Waals surface area contributed by atoms with Crippen LogP contribution in [0, 0.1) is 0 Å². The van der Waals surface area contributed by atoms with Crippen LogP contribution in [0.4, 0.5) is 0 Å². The number of nitrogens with one attached hydrogen (secondary N) is 1. The summed E-state index contributed by atoms with van der Waals surface area (Å²) >= 11 is 0. The molecule has 0 saturated carbocycles. The Morgan fingerprint density at radius 3 is 2.67 bits per heavy atom. The van der Waals surface area contributed by atoms with Crippen molar-refractivity contribution < 1.29 is 4.74 Å². The number of rotatable bonds is 7. The van der Waals surface area contributed by atoms with E-state index in [0.29, 0.717) is 0 Å². The van der Waals surface area contributed by atoms with Crippen molar-refractivity contribution in [1.29, 1.82) is 0 Å². The molecule has 0 unspecified atom stereocenters. The van der Waals surface area contributed by atoms with Crippen LogP contribution in [0.15, 0.2) is 48.5 Å². The lowest BCUT2D eigenvalue weighted by Crippen LogP contribution is -2.22. The summed E-state index contributed by atoms with van der Waals surface area (Å²) in [7, 11) is 3.84. The fourth-order valence-electron chi connectivity index (χ4n) is 2.66. The minimum absolute atomic E-state index is 0.759. The number of nitrogens with zero attached hydrogens (tertiary/aromatic N) is 2. The van der Waals surface area contributed by atoms with Gasteiger partial charge in [0.05, 0.1) is 17.8 Å². The van der Waals surface area contributed by atoms with Gasteiger partial charge in [0.2, 0.25) is 0 Å². The average molecular weight is 321 g/mol. The highest BCUT2D eigenvalue weighted by molar-refractivity contribution is 5.89. The van der Waals surface area contributed by atoms with Gasteiger partial charge in [0, 0.05) is 25.6 Å². The number of H-pyrrole nitrogens is 1. The summed E-state index contributed by atoms with van der Waals surface area (Å²) in [5, 5.41) is 8.56. The summed E-state index contributed by atoms with van der Waals surface area (Å²) in [4.78, 5) is 2.25. The monoisotopic (exact) mass is 321 g/mol. The van der Waals surface area contributed by atoms with Gasteiger partial charge in [-0.05, 0) is 30.3 Å². The minimum Gasteiger partial charge on any atom is -0.383 e. The number of hydrogen-bond acceptors (Lipinski definition) is 3. The molecule has 3 rings (SSSR count). The third-order valence-electron chi connectivity index (χ3n) is 4.04. The summed E-state index contributed by atoms with van der Waals surface area (Å²) in [5.74, 6) is 0. The molecule has 1 heterocycles. The lowest BCUT2D eigenvalue weighted by Gasteiger charge is -2.15. The Morgan fingerprint density at radius 2 is 1.88 bits per heavy atom. The van der Waals surface area contributed by atoms with Crippen molar-refractivity contribution in [3.8, 4) is 0 Å². The van der Waals surface area contributed by atoms with E-state index in [4.69, 9.17) is 4.74 Å². The van der Waals surface area contributed by atoms with Crippen LogP contribution in [0.5, 0.6) is 0 Å². The number of hydrogen-bond donors (Lipinski definition) is 1. The Balaban J connectivity index is 1.65. The first kappa shape index (κ1) is 16.4. The van der Waals surface area contributed by atoms with Crippen LogP contribution in [0.2, 0.25) is 0 Å². The van der Waals surface area contributed by atoms with Crippen LogP contribution in [0.3, 0.4) is 0 Å².